The number of carbonyl (C=O) groups is 2. The molecule has 1 aliphatic rings. The molecule has 3 rings (SSSR count). The van der Waals surface area contributed by atoms with Crippen LogP contribution >= 0.6 is 0 Å². The summed E-state index contributed by atoms with van der Waals surface area (Å²) in [5, 5.41) is 0. The Morgan fingerprint density at radius 3 is 2.74 bits per heavy atom. The van der Waals surface area contributed by atoms with Gasteiger partial charge >= 0.3 is 0 Å². The maximum Gasteiger partial charge on any atom is 0.261 e. The van der Waals surface area contributed by atoms with E-state index in [0.717, 1.165) is 11.3 Å². The van der Waals surface area contributed by atoms with Gasteiger partial charge in [0.25, 0.3) is 5.91 Å². The first-order valence-corrected chi connectivity index (χ1v) is 5.91. The number of nitrogens with zero attached hydrogens (tertiary/aromatic N) is 1. The largest absolute Gasteiger partial charge is 0.472 e. The standard InChI is InChI=1S/C14H12N2O3/c15-13(17)11-7-16(12-4-2-1-3-10(11)12)14(18)9-5-6-19-8-9/h1-6,8,11H,7H2,(H2,15,17)/t11-/m1/s1. The van der Waals surface area contributed by atoms with Gasteiger partial charge < -0.3 is 15.1 Å². The Labute approximate surface area is 109 Å². The molecule has 1 atom stereocenters. The molecule has 0 spiro atoms. The highest BCUT2D eigenvalue weighted by Crippen LogP contribution is 2.36. The lowest BCUT2D eigenvalue weighted by Crippen LogP contribution is -2.32. The highest BCUT2D eigenvalue weighted by atomic mass is 16.3. The lowest BCUT2D eigenvalue weighted by molar-refractivity contribution is -0.119. The van der Waals surface area contributed by atoms with Crippen LogP contribution in [0.2, 0.25) is 0 Å². The lowest BCUT2D eigenvalue weighted by atomic mass is 10.0. The van der Waals surface area contributed by atoms with E-state index in [-0.39, 0.29) is 12.5 Å². The summed E-state index contributed by atoms with van der Waals surface area (Å²) in [6, 6.07) is 8.91. The smallest absolute Gasteiger partial charge is 0.261 e. The first-order chi connectivity index (χ1) is 9.18. The van der Waals surface area contributed by atoms with Crippen molar-refractivity contribution in [3.63, 3.8) is 0 Å². The van der Waals surface area contributed by atoms with Crippen molar-refractivity contribution in [2.45, 2.75) is 5.92 Å². The predicted molar refractivity (Wildman–Crippen MR) is 68.8 cm³/mol. The third-order valence-electron chi connectivity index (χ3n) is 3.32. The monoisotopic (exact) mass is 256 g/mol. The molecule has 1 aromatic heterocycles. The van der Waals surface area contributed by atoms with E-state index in [1.165, 1.54) is 12.5 Å². The fourth-order valence-electron chi connectivity index (χ4n) is 2.38. The van der Waals surface area contributed by atoms with E-state index in [0.29, 0.717) is 5.56 Å². The van der Waals surface area contributed by atoms with Crippen molar-refractivity contribution < 1.29 is 14.0 Å². The highest BCUT2D eigenvalue weighted by molar-refractivity contribution is 6.08. The third kappa shape index (κ3) is 1.79. The zero-order valence-corrected chi connectivity index (χ0v) is 10.1. The SMILES string of the molecule is NC(=O)[C@@H]1CN(C(=O)c2ccoc2)c2ccccc21. The van der Waals surface area contributed by atoms with Gasteiger partial charge in [-0.1, -0.05) is 18.2 Å². The molecular formula is C14H12N2O3. The molecule has 0 saturated carbocycles. The molecule has 96 valence electrons. The summed E-state index contributed by atoms with van der Waals surface area (Å²) < 4.78 is 4.92. The molecule has 5 nitrogen and oxygen atoms in total. The third-order valence-corrected chi connectivity index (χ3v) is 3.32. The van der Waals surface area contributed by atoms with Crippen molar-refractivity contribution in [2.75, 3.05) is 11.4 Å². The number of amides is 2. The average Bonchev–Trinajstić information content (AvgIpc) is 3.05. The summed E-state index contributed by atoms with van der Waals surface area (Å²) in [7, 11) is 0. The number of rotatable bonds is 2. The van der Waals surface area contributed by atoms with Gasteiger partial charge in [0.15, 0.2) is 0 Å². The van der Waals surface area contributed by atoms with Crippen molar-refractivity contribution in [1.29, 1.82) is 0 Å². The molecule has 0 fully saturated rings. The van der Waals surface area contributed by atoms with Gasteiger partial charge in [0.05, 0.1) is 17.7 Å². The summed E-state index contributed by atoms with van der Waals surface area (Å²) in [5.41, 5.74) is 7.39. The lowest BCUT2D eigenvalue weighted by Gasteiger charge is -2.16. The van der Waals surface area contributed by atoms with E-state index in [4.69, 9.17) is 10.2 Å². The van der Waals surface area contributed by atoms with Gasteiger partial charge in [0, 0.05) is 12.2 Å². The summed E-state index contributed by atoms with van der Waals surface area (Å²) in [4.78, 5) is 25.4. The van der Waals surface area contributed by atoms with Crippen molar-refractivity contribution in [1.82, 2.24) is 0 Å². The molecule has 0 radical (unpaired) electrons. The van der Waals surface area contributed by atoms with Crippen LogP contribution in [0.5, 0.6) is 0 Å². The second-order valence-electron chi connectivity index (χ2n) is 4.44. The van der Waals surface area contributed by atoms with Gasteiger partial charge in [-0.2, -0.15) is 0 Å². The molecular weight excluding hydrogens is 244 g/mol. The number of fused-ring (bicyclic) bond motifs is 1. The Morgan fingerprint density at radius 1 is 1.26 bits per heavy atom. The zero-order valence-electron chi connectivity index (χ0n) is 10.1. The van der Waals surface area contributed by atoms with Crippen molar-refractivity contribution in [2.24, 2.45) is 5.73 Å². The van der Waals surface area contributed by atoms with E-state index in [9.17, 15) is 9.59 Å². The zero-order chi connectivity index (χ0) is 13.4. The second kappa shape index (κ2) is 4.28. The van der Waals surface area contributed by atoms with Gasteiger partial charge in [0.1, 0.15) is 6.26 Å². The van der Waals surface area contributed by atoms with E-state index < -0.39 is 11.8 Å². The van der Waals surface area contributed by atoms with Gasteiger partial charge in [-0.05, 0) is 17.7 Å². The van der Waals surface area contributed by atoms with Gasteiger partial charge in [-0.15, -0.1) is 0 Å². The van der Waals surface area contributed by atoms with Crippen LogP contribution in [0, 0.1) is 0 Å². The fourth-order valence-corrected chi connectivity index (χ4v) is 2.38. The van der Waals surface area contributed by atoms with E-state index in [1.807, 2.05) is 24.3 Å². The molecule has 5 heteroatoms. The molecule has 2 amide bonds. The van der Waals surface area contributed by atoms with Crippen molar-refractivity contribution in [3.05, 3.63) is 54.0 Å². The van der Waals surface area contributed by atoms with Crippen molar-refractivity contribution in [3.8, 4) is 0 Å². The molecule has 2 heterocycles. The first-order valence-electron chi connectivity index (χ1n) is 5.91. The Morgan fingerprint density at radius 2 is 2.05 bits per heavy atom. The topological polar surface area (TPSA) is 76.5 Å². The Kier molecular flexibility index (Phi) is 2.59. The van der Waals surface area contributed by atoms with Crippen LogP contribution in [0.4, 0.5) is 5.69 Å². The normalized spacial score (nSPS) is 17.3. The minimum Gasteiger partial charge on any atom is -0.472 e. The second-order valence-corrected chi connectivity index (χ2v) is 4.44. The Hall–Kier alpha value is -2.56. The van der Waals surface area contributed by atoms with Crippen molar-refractivity contribution >= 4 is 17.5 Å². The molecule has 2 N–H and O–H groups in total. The Bertz CT molecular complexity index is 634. The Balaban J connectivity index is 2.01. The van der Waals surface area contributed by atoms with Gasteiger partial charge in [-0.25, -0.2) is 0 Å². The number of hydrogen-bond donors (Lipinski definition) is 1. The van der Waals surface area contributed by atoms with Crippen LogP contribution in [0.25, 0.3) is 0 Å². The quantitative estimate of drug-likeness (QED) is 0.884. The maximum atomic E-state index is 12.4. The highest BCUT2D eigenvalue weighted by Gasteiger charge is 2.35. The average molecular weight is 256 g/mol. The van der Waals surface area contributed by atoms with E-state index in [1.54, 1.807) is 11.0 Å². The number of anilines is 1. The molecule has 1 aliphatic heterocycles. The fraction of sp³-hybridized carbons (Fsp3) is 0.143. The van der Waals surface area contributed by atoms with Crippen LogP contribution < -0.4 is 10.6 Å². The minimum atomic E-state index is -0.452. The molecule has 0 bridgehead atoms. The van der Waals surface area contributed by atoms with Gasteiger partial charge in [0.2, 0.25) is 5.91 Å². The summed E-state index contributed by atoms with van der Waals surface area (Å²) in [6.07, 6.45) is 2.84. The number of carbonyl (C=O) groups excluding carboxylic acids is 2. The van der Waals surface area contributed by atoms with E-state index in [2.05, 4.69) is 0 Å². The molecule has 0 unspecified atom stereocenters. The van der Waals surface area contributed by atoms with Crippen LogP contribution in [-0.2, 0) is 4.79 Å². The predicted octanol–water partition coefficient (Wildman–Crippen LogP) is 1.51. The van der Waals surface area contributed by atoms with Crippen LogP contribution in [0.15, 0.2) is 47.3 Å². The summed E-state index contributed by atoms with van der Waals surface area (Å²) in [6.45, 7) is 0.276. The number of benzene rings is 1. The number of primary amides is 1. The molecule has 0 aliphatic carbocycles. The van der Waals surface area contributed by atoms with Crippen LogP contribution in [0.3, 0.4) is 0 Å². The minimum absolute atomic E-state index is 0.190. The number of furan rings is 1. The molecule has 0 saturated heterocycles. The molecule has 1 aromatic carbocycles. The van der Waals surface area contributed by atoms with Crippen LogP contribution in [-0.4, -0.2) is 18.4 Å². The summed E-state index contributed by atoms with van der Waals surface area (Å²) in [5.74, 6) is -1.06. The summed E-state index contributed by atoms with van der Waals surface area (Å²) >= 11 is 0. The number of nitrogens with two attached hydrogens (primary N) is 1. The first kappa shape index (κ1) is 11.5. The molecule has 2 aromatic rings. The van der Waals surface area contributed by atoms with E-state index >= 15 is 0 Å². The number of hydrogen-bond acceptors (Lipinski definition) is 3. The molecule has 19 heavy (non-hydrogen) atoms. The van der Waals surface area contributed by atoms with Gasteiger partial charge in [-0.3, -0.25) is 9.59 Å². The maximum absolute atomic E-state index is 12.4. The van der Waals surface area contributed by atoms with Crippen LogP contribution in [0.1, 0.15) is 21.8 Å². The number of para-hydroxylation sites is 1.